The van der Waals surface area contributed by atoms with Crippen molar-refractivity contribution in [1.82, 2.24) is 25.1 Å². The van der Waals surface area contributed by atoms with Crippen molar-refractivity contribution in [1.29, 1.82) is 5.26 Å². The van der Waals surface area contributed by atoms with Crippen molar-refractivity contribution in [2.75, 3.05) is 32.6 Å². The molecule has 3 aromatic rings. The summed E-state index contributed by atoms with van der Waals surface area (Å²) in [6.07, 6.45) is 2.83. The van der Waals surface area contributed by atoms with E-state index in [1.807, 2.05) is 24.1 Å². The number of nitrogens with one attached hydrogen (secondary N) is 2. The number of likely N-dealkylation sites (tertiary alicyclic amines) is 1. The molecule has 2 aromatic heterocycles. The summed E-state index contributed by atoms with van der Waals surface area (Å²) in [6.45, 7) is 0.749. The number of rotatable bonds is 5. The highest BCUT2D eigenvalue weighted by atomic mass is 35.5. The summed E-state index contributed by atoms with van der Waals surface area (Å²) in [5.74, 6) is 1.56. The second-order valence-electron chi connectivity index (χ2n) is 6.74. The molecule has 29 heavy (non-hydrogen) atoms. The first kappa shape index (κ1) is 20.5. The van der Waals surface area contributed by atoms with Gasteiger partial charge in [-0.05, 0) is 24.7 Å². The Kier molecular flexibility index (Phi) is 5.68. The van der Waals surface area contributed by atoms with E-state index in [1.54, 1.807) is 25.3 Å². The molecular formula is C19H19ClFN7O. The summed E-state index contributed by atoms with van der Waals surface area (Å²) >= 11 is 0. The molecule has 10 heteroatoms. The van der Waals surface area contributed by atoms with Gasteiger partial charge in [0.05, 0.1) is 25.2 Å². The Bertz CT molecular complexity index is 1040. The highest BCUT2D eigenvalue weighted by Gasteiger charge is 2.43. The van der Waals surface area contributed by atoms with Crippen LogP contribution in [0.3, 0.4) is 0 Å². The van der Waals surface area contributed by atoms with Crippen molar-refractivity contribution < 1.29 is 9.13 Å². The van der Waals surface area contributed by atoms with E-state index in [0.29, 0.717) is 41.7 Å². The second kappa shape index (κ2) is 8.03. The van der Waals surface area contributed by atoms with Crippen molar-refractivity contribution in [3.8, 4) is 23.1 Å². The molecule has 0 saturated carbocycles. The largest absolute Gasteiger partial charge is 0.496 e. The molecule has 0 spiro atoms. The highest BCUT2D eigenvalue weighted by molar-refractivity contribution is 5.85. The minimum atomic E-state index is -1.34. The first-order valence-corrected chi connectivity index (χ1v) is 8.62. The predicted molar refractivity (Wildman–Crippen MR) is 108 cm³/mol. The van der Waals surface area contributed by atoms with Gasteiger partial charge in [-0.25, -0.2) is 14.4 Å². The van der Waals surface area contributed by atoms with Crippen LogP contribution in [0, 0.1) is 11.3 Å². The number of ether oxygens (including phenoxy) is 1. The predicted octanol–water partition coefficient (Wildman–Crippen LogP) is 3.02. The van der Waals surface area contributed by atoms with E-state index in [9.17, 15) is 4.39 Å². The van der Waals surface area contributed by atoms with E-state index in [-0.39, 0.29) is 18.1 Å². The van der Waals surface area contributed by atoms with Crippen LogP contribution in [0.25, 0.3) is 11.3 Å². The number of aromatic nitrogens is 4. The number of nitrogens with zero attached hydrogens (tertiary/aromatic N) is 5. The van der Waals surface area contributed by atoms with Crippen LogP contribution in [0.15, 0.2) is 36.7 Å². The van der Waals surface area contributed by atoms with Crippen LogP contribution >= 0.6 is 12.4 Å². The number of halogens is 2. The molecule has 0 atom stereocenters. The minimum absolute atomic E-state index is 0. The molecule has 1 saturated heterocycles. The number of nitriles is 1. The Labute approximate surface area is 173 Å². The average Bonchev–Trinajstić information content (AvgIpc) is 3.15. The molecule has 0 bridgehead atoms. The first-order chi connectivity index (χ1) is 13.5. The van der Waals surface area contributed by atoms with Crippen LogP contribution in [0.2, 0.25) is 0 Å². The summed E-state index contributed by atoms with van der Waals surface area (Å²) in [5.41, 5.74) is 0.994. The van der Waals surface area contributed by atoms with Crippen molar-refractivity contribution in [2.24, 2.45) is 0 Å². The number of benzene rings is 1. The van der Waals surface area contributed by atoms with Crippen LogP contribution in [0.4, 0.5) is 16.0 Å². The molecule has 8 nitrogen and oxygen atoms in total. The number of likely N-dealkylation sites (N-methyl/N-ethyl adjacent to an activating group) is 1. The Morgan fingerprint density at radius 3 is 2.66 bits per heavy atom. The first-order valence-electron chi connectivity index (χ1n) is 8.62. The standard InChI is InChI=1S/C19H18FN7O.ClH/c1-27-10-19(20,11-27)12-3-4-14(16(5-12)28-2)15-6-17(26-25-15)24-18-9-22-13(7-21)8-23-18;/h3-6,8-9H,10-11H2,1-2H3,(H2,23,24,25,26);1H. The van der Waals surface area contributed by atoms with E-state index in [1.165, 1.54) is 12.4 Å². The second-order valence-corrected chi connectivity index (χ2v) is 6.74. The maximum absolute atomic E-state index is 14.9. The Hall–Kier alpha value is -3.22. The molecule has 0 unspecified atom stereocenters. The van der Waals surface area contributed by atoms with E-state index >= 15 is 0 Å². The fourth-order valence-electron chi connectivity index (χ4n) is 3.29. The van der Waals surface area contributed by atoms with Crippen molar-refractivity contribution >= 4 is 24.0 Å². The third-order valence-corrected chi connectivity index (χ3v) is 4.65. The molecule has 0 amide bonds. The summed E-state index contributed by atoms with van der Waals surface area (Å²) in [4.78, 5) is 9.98. The number of methoxy groups -OCH3 is 1. The molecule has 0 aliphatic carbocycles. The van der Waals surface area contributed by atoms with Gasteiger partial charge in [-0.15, -0.1) is 12.4 Å². The lowest BCUT2D eigenvalue weighted by Crippen LogP contribution is -2.54. The number of hydrogen-bond donors (Lipinski definition) is 2. The maximum Gasteiger partial charge on any atom is 0.161 e. The van der Waals surface area contributed by atoms with Gasteiger partial charge in [-0.2, -0.15) is 10.4 Å². The van der Waals surface area contributed by atoms with Crippen molar-refractivity contribution in [3.63, 3.8) is 0 Å². The van der Waals surface area contributed by atoms with Gasteiger partial charge in [-0.1, -0.05) is 6.07 Å². The quantitative estimate of drug-likeness (QED) is 0.660. The zero-order valence-corrected chi connectivity index (χ0v) is 16.6. The number of anilines is 2. The molecule has 1 fully saturated rings. The van der Waals surface area contributed by atoms with Crippen LogP contribution in [0.1, 0.15) is 11.3 Å². The van der Waals surface area contributed by atoms with Crippen molar-refractivity contribution in [2.45, 2.75) is 5.67 Å². The van der Waals surface area contributed by atoms with Crippen LogP contribution in [-0.2, 0) is 5.67 Å². The number of H-pyrrole nitrogens is 1. The fraction of sp³-hybridized carbons (Fsp3) is 0.263. The molecule has 1 aliphatic rings. The zero-order chi connectivity index (χ0) is 19.7. The van der Waals surface area contributed by atoms with E-state index in [4.69, 9.17) is 10.00 Å². The monoisotopic (exact) mass is 415 g/mol. The van der Waals surface area contributed by atoms with Gasteiger partial charge in [0.25, 0.3) is 0 Å². The third-order valence-electron chi connectivity index (χ3n) is 4.65. The molecule has 1 aliphatic heterocycles. The summed E-state index contributed by atoms with van der Waals surface area (Å²) < 4.78 is 20.4. The van der Waals surface area contributed by atoms with Crippen molar-refractivity contribution in [3.05, 3.63) is 47.9 Å². The lowest BCUT2D eigenvalue weighted by molar-refractivity contribution is -0.0195. The van der Waals surface area contributed by atoms with Gasteiger partial charge in [0.2, 0.25) is 0 Å². The van der Waals surface area contributed by atoms with E-state index in [0.717, 1.165) is 5.56 Å². The molecule has 3 heterocycles. The maximum atomic E-state index is 14.9. The Morgan fingerprint density at radius 2 is 2.03 bits per heavy atom. The Balaban J connectivity index is 0.00000240. The summed E-state index contributed by atoms with van der Waals surface area (Å²) in [6, 6.07) is 9.05. The molecule has 150 valence electrons. The SMILES string of the molecule is COc1cc(C2(F)CN(C)C2)ccc1-c1cc(Nc2cnc(C#N)cn2)n[nH]1.Cl. The molecule has 2 N–H and O–H groups in total. The van der Waals surface area contributed by atoms with Gasteiger partial charge < -0.3 is 10.1 Å². The molecule has 0 radical (unpaired) electrons. The van der Waals surface area contributed by atoms with Gasteiger partial charge in [-0.3, -0.25) is 10.00 Å². The van der Waals surface area contributed by atoms with Crippen LogP contribution < -0.4 is 10.1 Å². The summed E-state index contributed by atoms with van der Waals surface area (Å²) in [7, 11) is 3.45. The van der Waals surface area contributed by atoms with Crippen LogP contribution in [-0.4, -0.2) is 52.3 Å². The van der Waals surface area contributed by atoms with E-state index < -0.39 is 5.67 Å². The van der Waals surface area contributed by atoms with Gasteiger partial charge in [0, 0.05) is 24.7 Å². The molecule has 4 rings (SSSR count). The van der Waals surface area contributed by atoms with E-state index in [2.05, 4.69) is 25.5 Å². The average molecular weight is 416 g/mol. The van der Waals surface area contributed by atoms with Gasteiger partial charge >= 0.3 is 0 Å². The fourth-order valence-corrected chi connectivity index (χ4v) is 3.29. The topological polar surface area (TPSA) is 103 Å². The van der Waals surface area contributed by atoms with Gasteiger partial charge in [0.1, 0.15) is 17.6 Å². The normalized spacial score (nSPS) is 15.0. The third kappa shape index (κ3) is 3.99. The lowest BCUT2D eigenvalue weighted by atomic mass is 9.87. The summed E-state index contributed by atoms with van der Waals surface area (Å²) in [5, 5.41) is 18.9. The minimum Gasteiger partial charge on any atom is -0.496 e. The van der Waals surface area contributed by atoms with Gasteiger partial charge in [0.15, 0.2) is 17.2 Å². The highest BCUT2D eigenvalue weighted by Crippen LogP contribution is 2.39. The number of alkyl halides is 1. The number of hydrogen-bond acceptors (Lipinski definition) is 7. The lowest BCUT2D eigenvalue weighted by Gasteiger charge is -2.42. The zero-order valence-electron chi connectivity index (χ0n) is 15.8. The number of aromatic amines is 1. The molecule has 1 aromatic carbocycles. The smallest absolute Gasteiger partial charge is 0.161 e. The molecular weight excluding hydrogens is 397 g/mol. The Morgan fingerprint density at radius 1 is 1.24 bits per heavy atom. The van der Waals surface area contributed by atoms with Crippen LogP contribution in [0.5, 0.6) is 5.75 Å².